The lowest BCUT2D eigenvalue weighted by Crippen LogP contribution is -2.38. The van der Waals surface area contributed by atoms with E-state index in [1.807, 2.05) is 0 Å². The molecule has 0 amide bonds. The van der Waals surface area contributed by atoms with Crippen molar-refractivity contribution < 1.29 is 0 Å². The molecule has 1 aromatic rings. The van der Waals surface area contributed by atoms with Crippen molar-refractivity contribution in [3.05, 3.63) is 34.3 Å². The molecule has 1 saturated carbocycles. The van der Waals surface area contributed by atoms with Crippen LogP contribution in [0.1, 0.15) is 56.2 Å². The first kappa shape index (κ1) is 14.8. The van der Waals surface area contributed by atoms with Crippen LogP contribution < -0.4 is 11.3 Å². The number of hydrazine groups is 1. The summed E-state index contributed by atoms with van der Waals surface area (Å²) in [4.78, 5) is 0. The van der Waals surface area contributed by atoms with Crippen molar-refractivity contribution in [2.75, 3.05) is 0 Å². The predicted molar refractivity (Wildman–Crippen MR) is 82.0 cm³/mol. The Balaban J connectivity index is 2.30. The Hall–Kier alpha value is -0.570. The first-order chi connectivity index (χ1) is 9.19. The fourth-order valence-electron chi connectivity index (χ4n) is 3.54. The van der Waals surface area contributed by atoms with Gasteiger partial charge in [-0.1, -0.05) is 62.4 Å². The van der Waals surface area contributed by atoms with Gasteiger partial charge in [0.1, 0.15) is 0 Å². The third kappa shape index (κ3) is 3.13. The number of nitrogens with one attached hydrogen (secondary N) is 1. The van der Waals surface area contributed by atoms with Gasteiger partial charge < -0.3 is 0 Å². The van der Waals surface area contributed by atoms with E-state index >= 15 is 0 Å². The summed E-state index contributed by atoms with van der Waals surface area (Å²) in [5.41, 5.74) is 5.33. The number of rotatable bonds is 4. The fraction of sp³-hybridized carbons (Fsp3) is 0.625. The molecule has 1 aromatic carbocycles. The van der Waals surface area contributed by atoms with Gasteiger partial charge in [-0.25, -0.2) is 0 Å². The Bertz CT molecular complexity index is 419. The van der Waals surface area contributed by atoms with Crippen LogP contribution >= 0.6 is 11.6 Å². The van der Waals surface area contributed by atoms with Crippen molar-refractivity contribution in [2.24, 2.45) is 17.7 Å². The molecule has 106 valence electrons. The van der Waals surface area contributed by atoms with E-state index in [9.17, 15) is 0 Å². The van der Waals surface area contributed by atoms with Crippen LogP contribution in [0.4, 0.5) is 0 Å². The standard InChI is InChI=1S/C16H25ClN2/c1-3-12-8-4-5-9-13(12)16(19-18)14-10-6-7-11(2)15(14)17/h6-7,10,12-13,16,19H,3-5,8-9,18H2,1-2H3. The lowest BCUT2D eigenvalue weighted by Gasteiger charge is -2.37. The molecule has 0 saturated heterocycles. The highest BCUT2D eigenvalue weighted by molar-refractivity contribution is 6.32. The normalized spacial score (nSPS) is 25.3. The minimum atomic E-state index is 0.178. The maximum atomic E-state index is 6.48. The predicted octanol–water partition coefficient (Wildman–Crippen LogP) is 4.37. The Labute approximate surface area is 121 Å². The van der Waals surface area contributed by atoms with Crippen molar-refractivity contribution in [2.45, 2.75) is 52.0 Å². The molecule has 1 aliphatic rings. The van der Waals surface area contributed by atoms with E-state index in [4.69, 9.17) is 17.4 Å². The van der Waals surface area contributed by atoms with Crippen molar-refractivity contribution in [3.63, 3.8) is 0 Å². The van der Waals surface area contributed by atoms with Crippen LogP contribution in [0, 0.1) is 18.8 Å². The average molecular weight is 281 g/mol. The smallest absolute Gasteiger partial charge is 0.0505 e. The van der Waals surface area contributed by atoms with Crippen molar-refractivity contribution >= 4 is 11.6 Å². The summed E-state index contributed by atoms with van der Waals surface area (Å²) in [5.74, 6) is 7.22. The molecular formula is C16H25ClN2. The minimum Gasteiger partial charge on any atom is -0.271 e. The van der Waals surface area contributed by atoms with Crippen molar-refractivity contribution in [3.8, 4) is 0 Å². The van der Waals surface area contributed by atoms with Crippen LogP contribution in [0.2, 0.25) is 5.02 Å². The highest BCUT2D eigenvalue weighted by Crippen LogP contribution is 2.41. The first-order valence-electron chi connectivity index (χ1n) is 7.40. The molecule has 2 rings (SSSR count). The highest BCUT2D eigenvalue weighted by Gasteiger charge is 2.32. The largest absolute Gasteiger partial charge is 0.271 e. The second-order valence-corrected chi connectivity index (χ2v) is 6.12. The van der Waals surface area contributed by atoms with Crippen LogP contribution in [0.25, 0.3) is 0 Å². The van der Waals surface area contributed by atoms with Gasteiger partial charge in [-0.05, 0) is 36.3 Å². The lowest BCUT2D eigenvalue weighted by atomic mass is 9.72. The van der Waals surface area contributed by atoms with Gasteiger partial charge in [-0.2, -0.15) is 0 Å². The van der Waals surface area contributed by atoms with E-state index in [1.54, 1.807) is 0 Å². The van der Waals surface area contributed by atoms with Crippen LogP contribution in [0.5, 0.6) is 0 Å². The molecule has 1 fully saturated rings. The minimum absolute atomic E-state index is 0.178. The number of hydrogen-bond acceptors (Lipinski definition) is 2. The molecule has 3 heteroatoms. The average Bonchev–Trinajstić information content (AvgIpc) is 2.45. The summed E-state index contributed by atoms with van der Waals surface area (Å²) in [5, 5.41) is 0.867. The van der Waals surface area contributed by atoms with E-state index in [2.05, 4.69) is 37.5 Å². The molecule has 0 radical (unpaired) electrons. The van der Waals surface area contributed by atoms with E-state index < -0.39 is 0 Å². The molecule has 1 aliphatic carbocycles. The van der Waals surface area contributed by atoms with Crippen LogP contribution in [0.15, 0.2) is 18.2 Å². The molecule has 0 aromatic heterocycles. The number of aryl methyl sites for hydroxylation is 1. The summed E-state index contributed by atoms with van der Waals surface area (Å²) in [6.07, 6.45) is 6.46. The Morgan fingerprint density at radius 1 is 1.37 bits per heavy atom. The zero-order valence-corrected chi connectivity index (χ0v) is 12.7. The highest BCUT2D eigenvalue weighted by atomic mass is 35.5. The van der Waals surface area contributed by atoms with Gasteiger partial charge in [0.25, 0.3) is 0 Å². The quantitative estimate of drug-likeness (QED) is 0.635. The van der Waals surface area contributed by atoms with Gasteiger partial charge in [0.05, 0.1) is 6.04 Å². The maximum Gasteiger partial charge on any atom is 0.0505 e. The van der Waals surface area contributed by atoms with Crippen molar-refractivity contribution in [1.82, 2.24) is 5.43 Å². The number of nitrogens with two attached hydrogens (primary N) is 1. The Morgan fingerprint density at radius 3 is 2.79 bits per heavy atom. The van der Waals surface area contributed by atoms with E-state index in [0.29, 0.717) is 5.92 Å². The monoisotopic (exact) mass is 280 g/mol. The van der Waals surface area contributed by atoms with E-state index in [0.717, 1.165) is 22.1 Å². The van der Waals surface area contributed by atoms with Crippen molar-refractivity contribution in [1.29, 1.82) is 0 Å². The molecule has 0 spiro atoms. The SMILES string of the molecule is CCC1CCCCC1C(NN)c1cccc(C)c1Cl. The molecule has 3 unspecified atom stereocenters. The molecular weight excluding hydrogens is 256 g/mol. The molecule has 2 nitrogen and oxygen atoms in total. The lowest BCUT2D eigenvalue weighted by molar-refractivity contribution is 0.176. The number of halogens is 1. The molecule has 0 heterocycles. The zero-order chi connectivity index (χ0) is 13.8. The molecule has 19 heavy (non-hydrogen) atoms. The van der Waals surface area contributed by atoms with Gasteiger partial charge >= 0.3 is 0 Å². The van der Waals surface area contributed by atoms with Crippen LogP contribution in [-0.2, 0) is 0 Å². The topological polar surface area (TPSA) is 38.0 Å². The second-order valence-electron chi connectivity index (χ2n) is 5.74. The third-order valence-corrected chi connectivity index (χ3v) is 5.17. The fourth-order valence-corrected chi connectivity index (χ4v) is 3.78. The first-order valence-corrected chi connectivity index (χ1v) is 7.78. The molecule has 0 bridgehead atoms. The van der Waals surface area contributed by atoms with Crippen LogP contribution in [-0.4, -0.2) is 0 Å². The molecule has 0 aliphatic heterocycles. The third-order valence-electron chi connectivity index (χ3n) is 4.66. The number of hydrogen-bond donors (Lipinski definition) is 2. The van der Waals surface area contributed by atoms with Gasteiger partial charge in [0.15, 0.2) is 0 Å². The van der Waals surface area contributed by atoms with E-state index in [-0.39, 0.29) is 6.04 Å². The summed E-state index contributed by atoms with van der Waals surface area (Å²) < 4.78 is 0. The Morgan fingerprint density at radius 2 is 2.11 bits per heavy atom. The maximum absolute atomic E-state index is 6.48. The van der Waals surface area contributed by atoms with Gasteiger partial charge in [-0.15, -0.1) is 0 Å². The van der Waals surface area contributed by atoms with Gasteiger partial charge in [0, 0.05) is 5.02 Å². The zero-order valence-electron chi connectivity index (χ0n) is 12.0. The van der Waals surface area contributed by atoms with Gasteiger partial charge in [-0.3, -0.25) is 11.3 Å². The summed E-state index contributed by atoms with van der Waals surface area (Å²) >= 11 is 6.48. The second kappa shape index (κ2) is 6.74. The van der Waals surface area contributed by atoms with Gasteiger partial charge in [0.2, 0.25) is 0 Å². The van der Waals surface area contributed by atoms with E-state index in [1.165, 1.54) is 32.1 Å². The summed E-state index contributed by atoms with van der Waals surface area (Å²) in [6.45, 7) is 4.34. The number of benzene rings is 1. The molecule has 3 N–H and O–H groups in total. The van der Waals surface area contributed by atoms with Crippen LogP contribution in [0.3, 0.4) is 0 Å². The molecule has 3 atom stereocenters. The Kier molecular flexibility index (Phi) is 5.26. The summed E-state index contributed by atoms with van der Waals surface area (Å²) in [6, 6.07) is 6.42. The summed E-state index contributed by atoms with van der Waals surface area (Å²) in [7, 11) is 0.